The molecule has 0 radical (unpaired) electrons. The van der Waals surface area contributed by atoms with E-state index in [9.17, 15) is 25.0 Å². The standard InChI is InChI=1S/C6H5ClN2O3.C5H3ClN2O3/c1-12-6-5(9(10)11)4(7)2-3-8-6;6-3-1-2-7-5(9)4(3)8(10)11/h2-3H,1H3;1-2H,(H,7,9). The summed E-state index contributed by atoms with van der Waals surface area (Å²) in [6, 6.07) is 2.59. The molecule has 0 bridgehead atoms. The number of nitrogens with one attached hydrogen (secondary N) is 1. The lowest BCUT2D eigenvalue weighted by atomic mass is 10.4. The van der Waals surface area contributed by atoms with Crippen LogP contribution in [0.25, 0.3) is 0 Å². The van der Waals surface area contributed by atoms with Gasteiger partial charge in [0.25, 0.3) is 5.88 Å². The summed E-state index contributed by atoms with van der Waals surface area (Å²) in [6.07, 6.45) is 2.59. The Morgan fingerprint density at radius 2 is 1.70 bits per heavy atom. The Balaban J connectivity index is 0.000000231. The van der Waals surface area contributed by atoms with Crippen LogP contribution in [0, 0.1) is 20.2 Å². The van der Waals surface area contributed by atoms with E-state index >= 15 is 0 Å². The maximum Gasteiger partial charge on any atom is 0.352 e. The van der Waals surface area contributed by atoms with Gasteiger partial charge in [0.1, 0.15) is 10.0 Å². The molecule has 0 aliphatic carbocycles. The Kier molecular flexibility index (Phi) is 6.42. The van der Waals surface area contributed by atoms with Crippen LogP contribution in [0.3, 0.4) is 0 Å². The molecule has 23 heavy (non-hydrogen) atoms. The van der Waals surface area contributed by atoms with Gasteiger partial charge in [-0.05, 0) is 12.1 Å². The highest BCUT2D eigenvalue weighted by Gasteiger charge is 2.20. The second kappa shape index (κ2) is 8.06. The second-order valence-corrected chi connectivity index (χ2v) is 4.48. The SMILES string of the molecule is COc1nccc(Cl)c1[N+](=O)[O-].O=c1[nH]ccc(Cl)c1[N+](=O)[O-]. The molecule has 0 aromatic carbocycles. The molecule has 122 valence electrons. The lowest BCUT2D eigenvalue weighted by Gasteiger charge is -1.99. The van der Waals surface area contributed by atoms with E-state index in [0.29, 0.717) is 0 Å². The third-order valence-electron chi connectivity index (χ3n) is 2.29. The summed E-state index contributed by atoms with van der Waals surface area (Å²) in [5.41, 5.74) is -1.71. The van der Waals surface area contributed by atoms with Gasteiger partial charge >= 0.3 is 16.9 Å². The monoisotopic (exact) mass is 362 g/mol. The molecular weight excluding hydrogens is 355 g/mol. The molecular formula is C11H8Cl2N4O6. The van der Waals surface area contributed by atoms with Gasteiger partial charge in [-0.15, -0.1) is 0 Å². The van der Waals surface area contributed by atoms with Gasteiger partial charge in [-0.25, -0.2) is 4.98 Å². The van der Waals surface area contributed by atoms with E-state index in [-0.39, 0.29) is 21.6 Å². The third kappa shape index (κ3) is 4.63. The number of H-pyrrole nitrogens is 1. The molecule has 0 amide bonds. The fourth-order valence-corrected chi connectivity index (χ4v) is 1.77. The first-order chi connectivity index (χ1) is 10.8. The van der Waals surface area contributed by atoms with Crippen molar-refractivity contribution in [1.29, 1.82) is 0 Å². The van der Waals surface area contributed by atoms with Crippen molar-refractivity contribution in [1.82, 2.24) is 9.97 Å². The number of hydrogen-bond acceptors (Lipinski definition) is 7. The minimum atomic E-state index is -0.818. The van der Waals surface area contributed by atoms with Crippen LogP contribution in [0.2, 0.25) is 10.0 Å². The van der Waals surface area contributed by atoms with E-state index in [2.05, 4.69) is 14.7 Å². The Hall–Kier alpha value is -2.72. The highest BCUT2D eigenvalue weighted by Crippen LogP contribution is 2.31. The zero-order chi connectivity index (χ0) is 17.6. The maximum absolute atomic E-state index is 10.7. The van der Waals surface area contributed by atoms with Gasteiger partial charge in [0.2, 0.25) is 0 Å². The Morgan fingerprint density at radius 1 is 1.13 bits per heavy atom. The molecule has 10 nitrogen and oxygen atoms in total. The van der Waals surface area contributed by atoms with Crippen LogP contribution >= 0.6 is 23.2 Å². The van der Waals surface area contributed by atoms with Crippen molar-refractivity contribution in [3.05, 3.63) is 65.2 Å². The van der Waals surface area contributed by atoms with Crippen LogP contribution in [-0.2, 0) is 0 Å². The van der Waals surface area contributed by atoms with Crippen LogP contribution < -0.4 is 10.3 Å². The Morgan fingerprint density at radius 3 is 2.09 bits per heavy atom. The highest BCUT2D eigenvalue weighted by atomic mass is 35.5. The number of nitro groups is 2. The van der Waals surface area contributed by atoms with E-state index in [1.807, 2.05) is 0 Å². The first kappa shape index (κ1) is 18.3. The summed E-state index contributed by atoms with van der Waals surface area (Å²) in [4.78, 5) is 35.6. The van der Waals surface area contributed by atoms with E-state index in [1.165, 1.54) is 31.6 Å². The molecule has 1 N–H and O–H groups in total. The van der Waals surface area contributed by atoms with Crippen molar-refractivity contribution in [2.45, 2.75) is 0 Å². The molecule has 12 heteroatoms. The maximum atomic E-state index is 10.7. The van der Waals surface area contributed by atoms with E-state index in [0.717, 1.165) is 0 Å². The zero-order valence-corrected chi connectivity index (χ0v) is 12.9. The minimum absolute atomic E-state index is 0.0202. The highest BCUT2D eigenvalue weighted by molar-refractivity contribution is 6.33. The fourth-order valence-electron chi connectivity index (χ4n) is 1.34. The number of nitrogens with zero attached hydrogens (tertiary/aromatic N) is 3. The lowest BCUT2D eigenvalue weighted by molar-refractivity contribution is -0.386. The predicted octanol–water partition coefficient (Wildman–Crippen LogP) is 2.59. The number of methoxy groups -OCH3 is 1. The van der Waals surface area contributed by atoms with Crippen molar-refractivity contribution in [3.8, 4) is 5.88 Å². The lowest BCUT2D eigenvalue weighted by Crippen LogP contribution is -2.10. The van der Waals surface area contributed by atoms with E-state index < -0.39 is 21.1 Å². The average Bonchev–Trinajstić information content (AvgIpc) is 2.46. The van der Waals surface area contributed by atoms with Crippen molar-refractivity contribution >= 4 is 34.6 Å². The van der Waals surface area contributed by atoms with Crippen LogP contribution in [0.15, 0.2) is 29.3 Å². The van der Waals surface area contributed by atoms with Gasteiger partial charge in [0, 0.05) is 12.4 Å². The number of aromatic amines is 1. The first-order valence-electron chi connectivity index (χ1n) is 5.64. The third-order valence-corrected chi connectivity index (χ3v) is 2.90. The Labute approximate surface area is 137 Å². The molecule has 0 aliphatic heterocycles. The van der Waals surface area contributed by atoms with Crippen molar-refractivity contribution < 1.29 is 14.6 Å². The smallest absolute Gasteiger partial charge is 0.352 e. The molecule has 0 saturated heterocycles. The van der Waals surface area contributed by atoms with E-state index in [4.69, 9.17) is 23.2 Å². The number of hydrogen-bond donors (Lipinski definition) is 1. The Bertz CT molecular complexity index is 794. The van der Waals surface area contributed by atoms with Crippen LogP contribution in [0.4, 0.5) is 11.4 Å². The summed E-state index contributed by atoms with van der Waals surface area (Å²) in [5.74, 6) is -0.0764. The molecule has 2 heterocycles. The molecule has 2 rings (SSSR count). The predicted molar refractivity (Wildman–Crippen MR) is 81.2 cm³/mol. The number of ether oxygens (including phenoxy) is 1. The second-order valence-electron chi connectivity index (χ2n) is 3.67. The summed E-state index contributed by atoms with van der Waals surface area (Å²) in [6.45, 7) is 0. The van der Waals surface area contributed by atoms with Crippen LogP contribution in [0.5, 0.6) is 5.88 Å². The molecule has 0 fully saturated rings. The molecule has 0 atom stereocenters. The van der Waals surface area contributed by atoms with Gasteiger partial charge in [-0.1, -0.05) is 23.2 Å². The summed E-state index contributed by atoms with van der Waals surface area (Å²) < 4.78 is 4.65. The number of pyridine rings is 2. The van der Waals surface area contributed by atoms with Gasteiger partial charge in [0.15, 0.2) is 0 Å². The molecule has 0 spiro atoms. The number of aromatic nitrogens is 2. The van der Waals surface area contributed by atoms with Crippen molar-refractivity contribution in [2.24, 2.45) is 0 Å². The van der Waals surface area contributed by atoms with Gasteiger partial charge < -0.3 is 9.72 Å². The normalized spacial score (nSPS) is 9.52. The summed E-state index contributed by atoms with van der Waals surface area (Å²) in [5, 5.41) is 20.4. The van der Waals surface area contributed by atoms with Crippen LogP contribution in [0.1, 0.15) is 0 Å². The quantitative estimate of drug-likeness (QED) is 0.652. The molecule has 2 aromatic heterocycles. The molecule has 0 aliphatic rings. The summed E-state index contributed by atoms with van der Waals surface area (Å²) >= 11 is 10.9. The zero-order valence-electron chi connectivity index (χ0n) is 11.4. The number of rotatable bonds is 3. The molecule has 0 unspecified atom stereocenters. The van der Waals surface area contributed by atoms with Gasteiger partial charge in [0.05, 0.1) is 17.0 Å². The molecule has 0 saturated carbocycles. The fraction of sp³-hybridized carbons (Fsp3) is 0.0909. The summed E-state index contributed by atoms with van der Waals surface area (Å²) in [7, 11) is 1.30. The number of halogens is 2. The largest absolute Gasteiger partial charge is 0.476 e. The first-order valence-corrected chi connectivity index (χ1v) is 6.39. The van der Waals surface area contributed by atoms with Gasteiger partial charge in [-0.2, -0.15) is 0 Å². The van der Waals surface area contributed by atoms with Crippen molar-refractivity contribution in [3.63, 3.8) is 0 Å². The minimum Gasteiger partial charge on any atom is -0.476 e. The van der Waals surface area contributed by atoms with Crippen molar-refractivity contribution in [2.75, 3.05) is 7.11 Å². The topological polar surface area (TPSA) is 141 Å². The van der Waals surface area contributed by atoms with Gasteiger partial charge in [-0.3, -0.25) is 25.0 Å². The van der Waals surface area contributed by atoms with Crippen LogP contribution in [-0.4, -0.2) is 26.9 Å². The average molecular weight is 363 g/mol. The molecule has 2 aromatic rings. The van der Waals surface area contributed by atoms with E-state index in [1.54, 1.807) is 0 Å².